The Morgan fingerprint density at radius 1 is 1.42 bits per heavy atom. The van der Waals surface area contributed by atoms with Crippen LogP contribution in [0.4, 0.5) is 0 Å². The van der Waals surface area contributed by atoms with Crippen molar-refractivity contribution in [3.8, 4) is 0 Å². The maximum absolute atomic E-state index is 12.3. The fourth-order valence-electron chi connectivity index (χ4n) is 3.72. The van der Waals surface area contributed by atoms with Crippen LogP contribution in [0.15, 0.2) is 18.2 Å². The summed E-state index contributed by atoms with van der Waals surface area (Å²) in [4.78, 5) is 16.7. The van der Waals surface area contributed by atoms with Crippen LogP contribution < -0.4 is 11.1 Å². The van der Waals surface area contributed by atoms with E-state index in [0.717, 1.165) is 17.8 Å². The minimum atomic E-state index is 0.0172. The Hall–Kier alpha value is -1.42. The fraction of sp³-hybridized carbons (Fsp3) is 0.600. The van der Waals surface area contributed by atoms with Crippen LogP contribution in [0.3, 0.4) is 0 Å². The number of carbonyl (C=O) groups is 1. The van der Waals surface area contributed by atoms with Gasteiger partial charge in [0, 0.05) is 11.7 Å². The molecule has 1 heterocycles. The van der Waals surface area contributed by atoms with Gasteiger partial charge < -0.3 is 11.1 Å². The first-order valence-corrected chi connectivity index (χ1v) is 7.11. The lowest BCUT2D eigenvalue weighted by Gasteiger charge is -2.26. The summed E-state index contributed by atoms with van der Waals surface area (Å²) in [6, 6.07) is 5.92. The van der Waals surface area contributed by atoms with Crippen molar-refractivity contribution in [3.05, 3.63) is 29.6 Å². The Kier molecular flexibility index (Phi) is 3.27. The molecule has 19 heavy (non-hydrogen) atoms. The Bertz CT molecular complexity index is 486. The Balaban J connectivity index is 1.60. The van der Waals surface area contributed by atoms with Crippen molar-refractivity contribution in [2.75, 3.05) is 0 Å². The maximum Gasteiger partial charge on any atom is 0.225 e. The van der Waals surface area contributed by atoms with Gasteiger partial charge in [-0.05, 0) is 50.2 Å². The lowest BCUT2D eigenvalue weighted by molar-refractivity contribution is -0.127. The minimum Gasteiger partial charge on any atom is -0.350 e. The van der Waals surface area contributed by atoms with Crippen molar-refractivity contribution >= 4 is 5.91 Å². The van der Waals surface area contributed by atoms with Crippen LogP contribution >= 0.6 is 0 Å². The first-order chi connectivity index (χ1) is 9.15. The topological polar surface area (TPSA) is 68.0 Å². The molecule has 0 aliphatic heterocycles. The molecule has 4 atom stereocenters. The standard InChI is InChI=1S/C15H21N3O/c1-9-3-2-4-12(18-9)8-17-15(19)13-10-5-6-11(7-10)14(13)16/h2-4,10-11,13-14H,5-8,16H2,1H3,(H,17,19). The van der Waals surface area contributed by atoms with E-state index in [-0.39, 0.29) is 17.9 Å². The number of fused-ring (bicyclic) bond motifs is 2. The van der Waals surface area contributed by atoms with Crippen LogP contribution in [0.5, 0.6) is 0 Å². The molecule has 3 N–H and O–H groups in total. The number of nitrogens with one attached hydrogen (secondary N) is 1. The number of nitrogens with zero attached hydrogens (tertiary/aromatic N) is 1. The van der Waals surface area contributed by atoms with E-state index in [2.05, 4.69) is 10.3 Å². The average Bonchev–Trinajstić information content (AvgIpc) is 2.97. The highest BCUT2D eigenvalue weighted by atomic mass is 16.1. The molecule has 3 rings (SSSR count). The van der Waals surface area contributed by atoms with Crippen molar-refractivity contribution in [1.29, 1.82) is 0 Å². The number of nitrogens with two attached hydrogens (primary N) is 1. The van der Waals surface area contributed by atoms with E-state index < -0.39 is 0 Å². The number of aryl methyl sites for hydroxylation is 1. The molecule has 1 aromatic rings. The molecule has 4 heteroatoms. The summed E-state index contributed by atoms with van der Waals surface area (Å²) >= 11 is 0. The van der Waals surface area contributed by atoms with Crippen molar-refractivity contribution in [2.45, 2.75) is 38.8 Å². The number of hydrogen-bond donors (Lipinski definition) is 2. The minimum absolute atomic E-state index is 0.0172. The van der Waals surface area contributed by atoms with Crippen molar-refractivity contribution in [3.63, 3.8) is 0 Å². The van der Waals surface area contributed by atoms with E-state index in [1.165, 1.54) is 12.8 Å². The molecule has 4 unspecified atom stereocenters. The van der Waals surface area contributed by atoms with E-state index in [9.17, 15) is 4.79 Å². The van der Waals surface area contributed by atoms with Gasteiger partial charge in [-0.2, -0.15) is 0 Å². The van der Waals surface area contributed by atoms with Gasteiger partial charge in [0.05, 0.1) is 18.2 Å². The number of rotatable bonds is 3. The predicted octanol–water partition coefficient (Wildman–Crippen LogP) is 1.38. The number of amides is 1. The Morgan fingerprint density at radius 2 is 2.21 bits per heavy atom. The van der Waals surface area contributed by atoms with Gasteiger partial charge in [-0.15, -0.1) is 0 Å². The van der Waals surface area contributed by atoms with Crippen LogP contribution in [-0.4, -0.2) is 16.9 Å². The summed E-state index contributed by atoms with van der Waals surface area (Å²) in [7, 11) is 0. The van der Waals surface area contributed by atoms with Crippen LogP contribution in [0.1, 0.15) is 30.7 Å². The molecule has 2 saturated carbocycles. The smallest absolute Gasteiger partial charge is 0.225 e. The van der Waals surface area contributed by atoms with Gasteiger partial charge in [-0.3, -0.25) is 9.78 Å². The highest BCUT2D eigenvalue weighted by Gasteiger charge is 2.48. The average molecular weight is 259 g/mol. The van der Waals surface area contributed by atoms with Crippen LogP contribution in [0.2, 0.25) is 0 Å². The second kappa shape index (κ2) is 4.93. The number of aromatic nitrogens is 1. The second-order valence-corrected chi connectivity index (χ2v) is 5.92. The highest BCUT2D eigenvalue weighted by Crippen LogP contribution is 2.47. The first kappa shape index (κ1) is 12.6. The van der Waals surface area contributed by atoms with Crippen LogP contribution in [0.25, 0.3) is 0 Å². The zero-order valence-electron chi connectivity index (χ0n) is 11.3. The summed E-state index contributed by atoms with van der Waals surface area (Å²) < 4.78 is 0. The van der Waals surface area contributed by atoms with E-state index >= 15 is 0 Å². The molecule has 0 aromatic carbocycles. The second-order valence-electron chi connectivity index (χ2n) is 5.92. The summed E-state index contributed by atoms with van der Waals surface area (Å²) in [5, 5.41) is 3.00. The third-order valence-electron chi connectivity index (χ3n) is 4.67. The number of hydrogen-bond acceptors (Lipinski definition) is 3. The zero-order valence-corrected chi connectivity index (χ0v) is 11.3. The first-order valence-electron chi connectivity index (χ1n) is 7.11. The molecule has 0 radical (unpaired) electrons. The molecule has 2 aliphatic carbocycles. The fourth-order valence-corrected chi connectivity index (χ4v) is 3.72. The molecule has 2 bridgehead atoms. The SMILES string of the molecule is Cc1cccc(CNC(=O)C2C3CCC(C3)C2N)n1. The molecule has 2 aliphatic rings. The van der Waals surface area contributed by atoms with E-state index in [4.69, 9.17) is 5.73 Å². The van der Waals surface area contributed by atoms with E-state index in [1.54, 1.807) is 0 Å². The molecule has 4 nitrogen and oxygen atoms in total. The molecule has 2 fully saturated rings. The number of carbonyl (C=O) groups excluding carboxylic acids is 1. The van der Waals surface area contributed by atoms with Gasteiger partial charge in [0.25, 0.3) is 0 Å². The van der Waals surface area contributed by atoms with Gasteiger partial charge >= 0.3 is 0 Å². The van der Waals surface area contributed by atoms with E-state index in [1.807, 2.05) is 25.1 Å². The normalized spacial score (nSPS) is 32.5. The van der Waals surface area contributed by atoms with E-state index in [0.29, 0.717) is 18.4 Å². The number of pyridine rings is 1. The van der Waals surface area contributed by atoms with Crippen molar-refractivity contribution < 1.29 is 4.79 Å². The molecule has 0 saturated heterocycles. The van der Waals surface area contributed by atoms with Gasteiger partial charge in [-0.25, -0.2) is 0 Å². The van der Waals surface area contributed by atoms with Crippen molar-refractivity contribution in [2.24, 2.45) is 23.5 Å². The van der Waals surface area contributed by atoms with Gasteiger partial charge in [-0.1, -0.05) is 6.07 Å². The molecule has 102 valence electrons. The van der Waals surface area contributed by atoms with Crippen LogP contribution in [-0.2, 0) is 11.3 Å². The third-order valence-corrected chi connectivity index (χ3v) is 4.67. The summed E-state index contributed by atoms with van der Waals surface area (Å²) in [5.41, 5.74) is 8.06. The zero-order chi connectivity index (χ0) is 13.4. The predicted molar refractivity (Wildman–Crippen MR) is 73.1 cm³/mol. The van der Waals surface area contributed by atoms with Gasteiger partial charge in [0.2, 0.25) is 5.91 Å². The molecule has 1 aromatic heterocycles. The van der Waals surface area contributed by atoms with Gasteiger partial charge in [0.1, 0.15) is 0 Å². The third kappa shape index (κ3) is 2.37. The highest BCUT2D eigenvalue weighted by molar-refractivity contribution is 5.80. The lowest BCUT2D eigenvalue weighted by Crippen LogP contribution is -2.45. The lowest BCUT2D eigenvalue weighted by atomic mass is 9.84. The quantitative estimate of drug-likeness (QED) is 0.861. The van der Waals surface area contributed by atoms with Crippen molar-refractivity contribution in [1.82, 2.24) is 10.3 Å². The molecule has 0 spiro atoms. The summed E-state index contributed by atoms with van der Waals surface area (Å²) in [6.07, 6.45) is 3.51. The Morgan fingerprint density at radius 3 is 2.89 bits per heavy atom. The maximum atomic E-state index is 12.3. The summed E-state index contributed by atoms with van der Waals surface area (Å²) in [6.45, 7) is 2.46. The summed E-state index contributed by atoms with van der Waals surface area (Å²) in [5.74, 6) is 1.20. The van der Waals surface area contributed by atoms with Crippen LogP contribution in [0, 0.1) is 24.7 Å². The largest absolute Gasteiger partial charge is 0.350 e. The monoisotopic (exact) mass is 259 g/mol. The molecular formula is C15H21N3O. The van der Waals surface area contributed by atoms with Gasteiger partial charge in [0.15, 0.2) is 0 Å². The Labute approximate surface area is 113 Å². The molecule has 1 amide bonds. The molecular weight excluding hydrogens is 238 g/mol.